The first-order valence-electron chi connectivity index (χ1n) is 8.46. The molecule has 1 saturated heterocycles. The molecule has 1 N–H and O–H groups in total. The Kier molecular flexibility index (Phi) is 4.28. The van der Waals surface area contributed by atoms with Crippen LogP contribution in [0.5, 0.6) is 0 Å². The van der Waals surface area contributed by atoms with E-state index < -0.39 is 0 Å². The smallest absolute Gasteiger partial charge is 0.186 e. The van der Waals surface area contributed by atoms with Crippen molar-refractivity contribution in [3.63, 3.8) is 0 Å². The number of nitrogens with one attached hydrogen (secondary N) is 1. The Morgan fingerprint density at radius 1 is 1.33 bits per heavy atom. The molecule has 2 unspecified atom stereocenters. The van der Waals surface area contributed by atoms with Gasteiger partial charge in [-0.05, 0) is 52.4 Å². The molecular weight excluding hydrogens is 278 g/mol. The molecule has 1 aromatic rings. The number of hydrogen-bond donors (Lipinski definition) is 1. The molecule has 0 spiro atoms. The largest absolute Gasteiger partial charge is 0.345 e. The first kappa shape index (κ1) is 15.3. The standard InChI is InChI=1S/C17H29N3S/c1-5-6-14-15(10-18-17(2,3)4)21-16(19-14)20-11-12-7-8-13(20)9-12/h12-13,18H,5-11H2,1-4H3. The molecule has 2 heterocycles. The Labute approximate surface area is 133 Å². The van der Waals surface area contributed by atoms with E-state index in [1.807, 2.05) is 11.3 Å². The molecule has 4 heteroatoms. The molecule has 2 fully saturated rings. The zero-order valence-corrected chi connectivity index (χ0v) is 14.7. The SMILES string of the molecule is CCCc1nc(N2CC3CCC2C3)sc1CNC(C)(C)C. The summed E-state index contributed by atoms with van der Waals surface area (Å²) in [5.74, 6) is 0.935. The van der Waals surface area contributed by atoms with Gasteiger partial charge in [-0.2, -0.15) is 0 Å². The maximum Gasteiger partial charge on any atom is 0.186 e. The van der Waals surface area contributed by atoms with Crippen LogP contribution in [0, 0.1) is 5.92 Å². The summed E-state index contributed by atoms with van der Waals surface area (Å²) in [5, 5.41) is 4.92. The van der Waals surface area contributed by atoms with Crippen molar-refractivity contribution in [2.45, 2.75) is 77.9 Å². The fourth-order valence-corrected chi connectivity index (χ4v) is 4.69. The van der Waals surface area contributed by atoms with E-state index in [1.54, 1.807) is 0 Å². The number of hydrogen-bond acceptors (Lipinski definition) is 4. The molecule has 2 aliphatic rings. The van der Waals surface area contributed by atoms with Gasteiger partial charge in [-0.15, -0.1) is 11.3 Å². The van der Waals surface area contributed by atoms with Gasteiger partial charge in [0.1, 0.15) is 0 Å². The number of nitrogens with zero attached hydrogens (tertiary/aromatic N) is 2. The third-order valence-corrected chi connectivity index (χ3v) is 5.82. The average Bonchev–Trinajstić information content (AvgIpc) is 3.10. The van der Waals surface area contributed by atoms with Crippen LogP contribution in [0.1, 0.15) is 63.9 Å². The quantitative estimate of drug-likeness (QED) is 0.892. The topological polar surface area (TPSA) is 28.2 Å². The van der Waals surface area contributed by atoms with Gasteiger partial charge < -0.3 is 10.2 Å². The van der Waals surface area contributed by atoms with Gasteiger partial charge in [0, 0.05) is 29.5 Å². The summed E-state index contributed by atoms with van der Waals surface area (Å²) >= 11 is 1.93. The molecule has 0 amide bonds. The van der Waals surface area contributed by atoms with E-state index in [1.165, 1.54) is 47.9 Å². The molecule has 2 atom stereocenters. The fourth-order valence-electron chi connectivity index (χ4n) is 3.57. The second-order valence-electron chi connectivity index (χ2n) is 7.71. The van der Waals surface area contributed by atoms with Crippen molar-refractivity contribution in [1.29, 1.82) is 0 Å². The molecule has 0 aromatic carbocycles. The molecule has 1 aromatic heterocycles. The third kappa shape index (κ3) is 3.42. The molecule has 1 aliphatic heterocycles. The van der Waals surface area contributed by atoms with Crippen LogP contribution in [0.2, 0.25) is 0 Å². The lowest BCUT2D eigenvalue weighted by Crippen LogP contribution is -2.35. The normalized spacial score (nSPS) is 25.0. The zero-order chi connectivity index (χ0) is 15.0. The van der Waals surface area contributed by atoms with Crippen molar-refractivity contribution in [3.8, 4) is 0 Å². The molecule has 1 saturated carbocycles. The zero-order valence-electron chi connectivity index (χ0n) is 13.9. The fraction of sp³-hybridized carbons (Fsp3) is 0.824. The maximum absolute atomic E-state index is 5.01. The van der Waals surface area contributed by atoms with Crippen molar-refractivity contribution < 1.29 is 0 Å². The molecule has 3 rings (SSSR count). The number of piperidine rings is 1. The van der Waals surface area contributed by atoms with Gasteiger partial charge in [-0.3, -0.25) is 0 Å². The third-order valence-electron chi connectivity index (χ3n) is 4.69. The van der Waals surface area contributed by atoms with E-state index in [4.69, 9.17) is 4.98 Å². The van der Waals surface area contributed by atoms with Gasteiger partial charge >= 0.3 is 0 Å². The first-order chi connectivity index (χ1) is 9.96. The van der Waals surface area contributed by atoms with E-state index in [0.717, 1.165) is 24.9 Å². The highest BCUT2D eigenvalue weighted by atomic mass is 32.1. The number of fused-ring (bicyclic) bond motifs is 2. The summed E-state index contributed by atoms with van der Waals surface area (Å²) in [4.78, 5) is 9.05. The number of rotatable bonds is 5. The van der Waals surface area contributed by atoms with E-state index in [-0.39, 0.29) is 5.54 Å². The van der Waals surface area contributed by atoms with E-state index in [0.29, 0.717) is 0 Å². The van der Waals surface area contributed by atoms with Crippen molar-refractivity contribution >= 4 is 16.5 Å². The summed E-state index contributed by atoms with van der Waals surface area (Å²) in [6, 6.07) is 0.777. The average molecular weight is 308 g/mol. The van der Waals surface area contributed by atoms with Crippen molar-refractivity contribution in [1.82, 2.24) is 10.3 Å². The second-order valence-corrected chi connectivity index (χ2v) is 8.77. The van der Waals surface area contributed by atoms with Gasteiger partial charge in [0.25, 0.3) is 0 Å². The lowest BCUT2D eigenvalue weighted by Gasteiger charge is -2.26. The molecule has 21 heavy (non-hydrogen) atoms. The highest BCUT2D eigenvalue weighted by Gasteiger charge is 2.39. The highest BCUT2D eigenvalue weighted by Crippen LogP contribution is 2.42. The van der Waals surface area contributed by atoms with Crippen LogP contribution in [0.4, 0.5) is 5.13 Å². The van der Waals surface area contributed by atoms with Gasteiger partial charge in [0.2, 0.25) is 0 Å². The summed E-state index contributed by atoms with van der Waals surface area (Å²) < 4.78 is 0. The predicted molar refractivity (Wildman–Crippen MR) is 91.2 cm³/mol. The molecular formula is C17H29N3S. The van der Waals surface area contributed by atoms with Gasteiger partial charge in [0.15, 0.2) is 5.13 Å². The molecule has 0 radical (unpaired) electrons. The van der Waals surface area contributed by atoms with Crippen molar-refractivity contribution in [2.24, 2.45) is 5.92 Å². The summed E-state index contributed by atoms with van der Waals surface area (Å²) in [7, 11) is 0. The van der Waals surface area contributed by atoms with Crippen LogP contribution in [-0.2, 0) is 13.0 Å². The minimum atomic E-state index is 0.167. The lowest BCUT2D eigenvalue weighted by molar-refractivity contribution is 0.425. The van der Waals surface area contributed by atoms with Crippen LogP contribution >= 0.6 is 11.3 Å². The van der Waals surface area contributed by atoms with Crippen LogP contribution < -0.4 is 10.2 Å². The summed E-state index contributed by atoms with van der Waals surface area (Å²) in [6.07, 6.45) is 6.51. The van der Waals surface area contributed by atoms with Gasteiger partial charge in [0.05, 0.1) is 5.69 Å². The molecule has 2 bridgehead atoms. The number of aromatic nitrogens is 1. The number of aryl methyl sites for hydroxylation is 1. The molecule has 118 valence electrons. The number of anilines is 1. The van der Waals surface area contributed by atoms with Crippen LogP contribution in [0.3, 0.4) is 0 Å². The van der Waals surface area contributed by atoms with Crippen molar-refractivity contribution in [2.75, 3.05) is 11.4 Å². The Balaban J connectivity index is 1.76. The van der Waals surface area contributed by atoms with Crippen LogP contribution in [-0.4, -0.2) is 23.1 Å². The Morgan fingerprint density at radius 2 is 2.14 bits per heavy atom. The summed E-state index contributed by atoms with van der Waals surface area (Å²) in [5.41, 5.74) is 1.50. The monoisotopic (exact) mass is 307 g/mol. The van der Waals surface area contributed by atoms with Crippen LogP contribution in [0.25, 0.3) is 0 Å². The van der Waals surface area contributed by atoms with Gasteiger partial charge in [-0.25, -0.2) is 4.98 Å². The summed E-state index contributed by atoms with van der Waals surface area (Å²) in [6.45, 7) is 11.1. The maximum atomic E-state index is 5.01. The Bertz CT molecular complexity index is 489. The minimum Gasteiger partial charge on any atom is -0.345 e. The molecule has 1 aliphatic carbocycles. The van der Waals surface area contributed by atoms with E-state index in [9.17, 15) is 0 Å². The number of thiazole rings is 1. The van der Waals surface area contributed by atoms with Gasteiger partial charge in [-0.1, -0.05) is 13.3 Å². The highest BCUT2D eigenvalue weighted by molar-refractivity contribution is 7.15. The molecule has 3 nitrogen and oxygen atoms in total. The minimum absolute atomic E-state index is 0.167. The van der Waals surface area contributed by atoms with E-state index >= 15 is 0 Å². The Hall–Kier alpha value is -0.610. The van der Waals surface area contributed by atoms with Crippen LogP contribution in [0.15, 0.2) is 0 Å². The predicted octanol–water partition coefficient (Wildman–Crippen LogP) is 3.97. The van der Waals surface area contributed by atoms with Crippen molar-refractivity contribution in [3.05, 3.63) is 10.6 Å². The Morgan fingerprint density at radius 3 is 2.71 bits per heavy atom. The second kappa shape index (κ2) is 5.88. The lowest BCUT2D eigenvalue weighted by atomic mass is 10.1. The van der Waals surface area contributed by atoms with E-state index in [2.05, 4.69) is 37.9 Å². The first-order valence-corrected chi connectivity index (χ1v) is 9.28.